The zero-order chi connectivity index (χ0) is 27.5. The Morgan fingerprint density at radius 3 is 2.55 bits per heavy atom. The summed E-state index contributed by atoms with van der Waals surface area (Å²) >= 11 is 0. The molecule has 1 aromatic carbocycles. The minimum absolute atomic E-state index is 0.0656. The molecule has 1 fully saturated rings. The van der Waals surface area contributed by atoms with Gasteiger partial charge >= 0.3 is 0 Å². The number of aryl methyl sites for hydroxylation is 1. The van der Waals surface area contributed by atoms with Crippen LogP contribution in [-0.4, -0.2) is 63.7 Å². The van der Waals surface area contributed by atoms with Gasteiger partial charge in [-0.1, -0.05) is 6.92 Å². The highest BCUT2D eigenvalue weighted by Gasteiger charge is 2.63. The average Bonchev–Trinajstić information content (AvgIpc) is 3.25. The molecule has 0 spiro atoms. The zero-order valence-electron chi connectivity index (χ0n) is 21.6. The third-order valence-corrected chi connectivity index (χ3v) is 8.15. The molecular formula is C27H30NO10+. The van der Waals surface area contributed by atoms with Crippen LogP contribution in [0.25, 0.3) is 11.1 Å². The SMILES string of the molecule is CCC1OC(C)(O)C[n+]2c(C)cc3c(c21)C(=O)c1cc(=O)c2c(c(O)c1-3)OC1OC(C)C(OC)C(O)C21O. The summed E-state index contributed by atoms with van der Waals surface area (Å²) in [6.07, 6.45) is -4.93. The van der Waals surface area contributed by atoms with Crippen molar-refractivity contribution in [3.05, 3.63) is 50.4 Å². The number of aliphatic hydroxyl groups excluding tert-OH is 1. The standard InChI is InChI=1S/C27H29NO10/c1-6-15-19-17-12(7-10(2)28(19)9-26(4,33)38-15)16-13(20(17)30)8-14(29)18-23(21(16)31)37-25-27(18,34)24(32)22(35-5)11(3)36-25/h7-8,11,15,22,24-25,32-34H,6,9H2,1-5H3/p+1. The Bertz CT molecular complexity index is 1470. The Morgan fingerprint density at radius 1 is 1.18 bits per heavy atom. The summed E-state index contributed by atoms with van der Waals surface area (Å²) in [5.74, 6) is -2.83. The number of hydrogen-bond donors (Lipinski definition) is 4. The molecule has 11 heteroatoms. The Kier molecular flexibility index (Phi) is 5.37. The van der Waals surface area contributed by atoms with E-state index in [2.05, 4.69) is 0 Å². The average molecular weight is 529 g/mol. The van der Waals surface area contributed by atoms with E-state index >= 15 is 0 Å². The van der Waals surface area contributed by atoms with Gasteiger partial charge in [0.05, 0.1) is 11.7 Å². The Morgan fingerprint density at radius 2 is 1.89 bits per heavy atom. The highest BCUT2D eigenvalue weighted by atomic mass is 16.7. The number of hydrogen-bond acceptors (Lipinski definition) is 10. The lowest BCUT2D eigenvalue weighted by Crippen LogP contribution is -2.63. The molecule has 0 amide bonds. The van der Waals surface area contributed by atoms with Crippen molar-refractivity contribution < 1.29 is 48.7 Å². The smallest absolute Gasteiger partial charge is 0.236 e. The first-order valence-electron chi connectivity index (χ1n) is 12.6. The lowest BCUT2D eigenvalue weighted by molar-refractivity contribution is -0.749. The van der Waals surface area contributed by atoms with Crippen molar-refractivity contribution >= 4 is 5.78 Å². The van der Waals surface area contributed by atoms with E-state index in [9.17, 15) is 30.0 Å². The molecule has 4 heterocycles. The van der Waals surface area contributed by atoms with Gasteiger partial charge in [0, 0.05) is 36.8 Å². The van der Waals surface area contributed by atoms with E-state index in [0.29, 0.717) is 23.4 Å². The molecule has 4 N–H and O–H groups in total. The number of ether oxygens (including phenoxy) is 4. The second-order valence-electron chi connectivity index (χ2n) is 10.7. The first-order valence-corrected chi connectivity index (χ1v) is 12.6. The molecule has 7 atom stereocenters. The van der Waals surface area contributed by atoms with Crippen LogP contribution in [0, 0.1) is 6.92 Å². The van der Waals surface area contributed by atoms with Gasteiger partial charge in [-0.05, 0) is 26.3 Å². The zero-order valence-corrected chi connectivity index (χ0v) is 21.6. The number of carbonyl (C=O) groups excluding carboxylic acids is 1. The van der Waals surface area contributed by atoms with Gasteiger partial charge in [0.2, 0.25) is 30.1 Å². The molecule has 11 nitrogen and oxygen atoms in total. The maximum absolute atomic E-state index is 13.9. The molecule has 38 heavy (non-hydrogen) atoms. The van der Waals surface area contributed by atoms with Crippen molar-refractivity contribution in [3.8, 4) is 22.6 Å². The molecule has 3 aliphatic heterocycles. The van der Waals surface area contributed by atoms with E-state index in [1.807, 2.05) is 18.4 Å². The summed E-state index contributed by atoms with van der Waals surface area (Å²) in [6.45, 7) is 6.96. The lowest BCUT2D eigenvalue weighted by atomic mass is 9.82. The first kappa shape index (κ1) is 25.4. The molecule has 1 aliphatic carbocycles. The van der Waals surface area contributed by atoms with Crippen LogP contribution in [0.15, 0.2) is 16.9 Å². The summed E-state index contributed by atoms with van der Waals surface area (Å²) < 4.78 is 24.6. The number of aromatic nitrogens is 1. The number of pyridine rings is 1. The summed E-state index contributed by atoms with van der Waals surface area (Å²) in [5, 5.41) is 44.8. The molecule has 0 bridgehead atoms. The highest BCUT2D eigenvalue weighted by molar-refractivity contribution is 6.23. The number of aliphatic hydroxyl groups is 3. The van der Waals surface area contributed by atoms with E-state index in [-0.39, 0.29) is 29.0 Å². The van der Waals surface area contributed by atoms with Crippen LogP contribution in [0.2, 0.25) is 0 Å². The molecule has 0 saturated carbocycles. The minimum Gasteiger partial charge on any atom is -0.504 e. The van der Waals surface area contributed by atoms with Gasteiger partial charge in [-0.25, -0.2) is 0 Å². The van der Waals surface area contributed by atoms with Crippen LogP contribution in [0.5, 0.6) is 11.5 Å². The fourth-order valence-electron chi connectivity index (χ4n) is 6.43. The fourth-order valence-corrected chi connectivity index (χ4v) is 6.43. The van der Waals surface area contributed by atoms with Gasteiger partial charge in [0.1, 0.15) is 23.9 Å². The number of ketones is 1. The summed E-state index contributed by atoms with van der Waals surface area (Å²) in [5.41, 5.74) is -1.65. The summed E-state index contributed by atoms with van der Waals surface area (Å²) in [6, 6.07) is 2.76. The predicted molar refractivity (Wildman–Crippen MR) is 129 cm³/mol. The van der Waals surface area contributed by atoms with E-state index in [4.69, 9.17) is 18.9 Å². The number of fused-ring (bicyclic) bond motifs is 8. The van der Waals surface area contributed by atoms with Crippen LogP contribution < -0.4 is 14.7 Å². The molecular weight excluding hydrogens is 498 g/mol. The van der Waals surface area contributed by atoms with Gasteiger partial charge in [-0.2, -0.15) is 4.57 Å². The van der Waals surface area contributed by atoms with E-state index in [1.165, 1.54) is 7.11 Å². The maximum Gasteiger partial charge on any atom is 0.236 e. The normalized spacial score (nSPS) is 34.6. The number of aromatic hydroxyl groups is 1. The minimum atomic E-state index is -2.34. The van der Waals surface area contributed by atoms with E-state index < -0.39 is 64.6 Å². The van der Waals surface area contributed by atoms with Gasteiger partial charge in [-0.3, -0.25) is 9.59 Å². The van der Waals surface area contributed by atoms with Crippen LogP contribution in [0.4, 0.5) is 0 Å². The van der Waals surface area contributed by atoms with Gasteiger partial charge in [0.15, 0.2) is 28.2 Å². The van der Waals surface area contributed by atoms with Gasteiger partial charge in [-0.15, -0.1) is 0 Å². The molecule has 202 valence electrons. The van der Waals surface area contributed by atoms with Crippen molar-refractivity contribution in [1.29, 1.82) is 0 Å². The topological polar surface area (TPSA) is 156 Å². The number of carbonyl (C=O) groups is 1. The van der Waals surface area contributed by atoms with Crippen molar-refractivity contribution in [2.75, 3.05) is 7.11 Å². The number of rotatable bonds is 2. The largest absolute Gasteiger partial charge is 0.504 e. The van der Waals surface area contributed by atoms with Crippen molar-refractivity contribution in [2.45, 2.75) is 82.8 Å². The van der Waals surface area contributed by atoms with Crippen LogP contribution in [0.1, 0.15) is 66.2 Å². The molecule has 7 unspecified atom stereocenters. The lowest BCUT2D eigenvalue weighted by Gasteiger charge is -2.44. The van der Waals surface area contributed by atoms with Crippen molar-refractivity contribution in [2.24, 2.45) is 0 Å². The van der Waals surface area contributed by atoms with Crippen LogP contribution in [0.3, 0.4) is 0 Å². The van der Waals surface area contributed by atoms with E-state index in [1.54, 1.807) is 19.9 Å². The molecule has 6 rings (SSSR count). The Balaban J connectivity index is 1.62. The summed E-state index contributed by atoms with van der Waals surface area (Å²) in [4.78, 5) is 27.4. The van der Waals surface area contributed by atoms with Crippen molar-refractivity contribution in [3.63, 3.8) is 0 Å². The molecule has 1 aromatic heterocycles. The quantitative estimate of drug-likeness (QED) is 0.345. The molecule has 1 saturated heterocycles. The maximum atomic E-state index is 13.9. The van der Waals surface area contributed by atoms with Crippen molar-refractivity contribution in [1.82, 2.24) is 0 Å². The number of nitrogens with zero attached hydrogens (tertiary/aromatic N) is 1. The first-order chi connectivity index (χ1) is 17.9. The molecule has 2 aromatic rings. The Hall–Kier alpha value is -2.93. The molecule has 4 aliphatic rings. The summed E-state index contributed by atoms with van der Waals surface area (Å²) in [7, 11) is 1.34. The second-order valence-corrected chi connectivity index (χ2v) is 10.7. The molecule has 0 radical (unpaired) electrons. The number of methoxy groups -OCH3 is 1. The third kappa shape index (κ3) is 3.08. The Labute approximate surface area is 217 Å². The third-order valence-electron chi connectivity index (χ3n) is 8.15. The van der Waals surface area contributed by atoms with E-state index in [0.717, 1.165) is 6.07 Å². The van der Waals surface area contributed by atoms with Crippen LogP contribution >= 0.6 is 0 Å². The van der Waals surface area contributed by atoms with Gasteiger partial charge < -0.3 is 39.4 Å². The highest BCUT2D eigenvalue weighted by Crippen LogP contribution is 2.55. The predicted octanol–water partition coefficient (Wildman–Crippen LogP) is 0.450. The second kappa shape index (κ2) is 8.04. The van der Waals surface area contributed by atoms with Crippen LogP contribution in [-0.2, 0) is 26.4 Å². The monoisotopic (exact) mass is 528 g/mol. The van der Waals surface area contributed by atoms with Gasteiger partial charge in [0.25, 0.3) is 0 Å². The fraction of sp³-hybridized carbons (Fsp3) is 0.519.